The summed E-state index contributed by atoms with van der Waals surface area (Å²) in [6.45, 7) is 5.51. The maximum Gasteiger partial charge on any atom is 0.339 e. The second kappa shape index (κ2) is 10.5. The summed E-state index contributed by atoms with van der Waals surface area (Å²) in [6, 6.07) is 14.5. The van der Waals surface area contributed by atoms with Crippen molar-refractivity contribution in [2.45, 2.75) is 26.8 Å². The molecule has 1 N–H and O–H groups in total. The van der Waals surface area contributed by atoms with Crippen LogP contribution in [0.4, 0.5) is 5.69 Å². The summed E-state index contributed by atoms with van der Waals surface area (Å²) in [5.41, 5.74) is 3.91. The van der Waals surface area contributed by atoms with Crippen LogP contribution in [0, 0.1) is 6.92 Å². The average Bonchev–Trinajstić information content (AvgIpc) is 3.31. The standard InChI is InChI=1S/C27H28N4O5/c1-16(2)31-26-23(14-28-31)22(13-24(30-26)18-8-6-17(3)7-9-18)27(33)36-15-25(32)29-19-10-20(34-4)12-21(11-19)35-5/h6-14,16H,15H2,1-5H3,(H,29,32). The first-order valence-corrected chi connectivity index (χ1v) is 11.4. The fourth-order valence-electron chi connectivity index (χ4n) is 3.72. The lowest BCUT2D eigenvalue weighted by atomic mass is 10.1. The lowest BCUT2D eigenvalue weighted by Crippen LogP contribution is -2.21. The fraction of sp³-hybridized carbons (Fsp3) is 0.259. The molecular weight excluding hydrogens is 460 g/mol. The summed E-state index contributed by atoms with van der Waals surface area (Å²) < 4.78 is 17.6. The van der Waals surface area contributed by atoms with Crippen LogP contribution in [-0.4, -0.2) is 47.5 Å². The topological polar surface area (TPSA) is 105 Å². The highest BCUT2D eigenvalue weighted by Crippen LogP contribution is 2.28. The van der Waals surface area contributed by atoms with Crippen molar-refractivity contribution in [1.82, 2.24) is 14.8 Å². The Hall–Kier alpha value is -4.40. The highest BCUT2D eigenvalue weighted by atomic mass is 16.5. The number of amides is 1. The van der Waals surface area contributed by atoms with Gasteiger partial charge in [0, 0.05) is 35.5 Å². The molecular formula is C27H28N4O5. The van der Waals surface area contributed by atoms with E-state index in [4.69, 9.17) is 19.2 Å². The van der Waals surface area contributed by atoms with Crippen molar-refractivity contribution in [3.63, 3.8) is 0 Å². The van der Waals surface area contributed by atoms with Crippen molar-refractivity contribution in [3.8, 4) is 22.8 Å². The first-order chi connectivity index (χ1) is 17.3. The van der Waals surface area contributed by atoms with Crippen LogP contribution in [0.3, 0.4) is 0 Å². The number of carbonyl (C=O) groups excluding carboxylic acids is 2. The first kappa shape index (κ1) is 24.7. The minimum absolute atomic E-state index is 0.0396. The maximum absolute atomic E-state index is 13.1. The van der Waals surface area contributed by atoms with Crippen molar-refractivity contribution >= 4 is 28.6 Å². The number of methoxy groups -OCH3 is 2. The predicted molar refractivity (Wildman–Crippen MR) is 137 cm³/mol. The normalized spacial score (nSPS) is 10.9. The zero-order valence-electron chi connectivity index (χ0n) is 20.9. The lowest BCUT2D eigenvalue weighted by molar-refractivity contribution is -0.119. The number of esters is 1. The fourth-order valence-corrected chi connectivity index (χ4v) is 3.72. The molecule has 36 heavy (non-hydrogen) atoms. The van der Waals surface area contributed by atoms with Gasteiger partial charge in [-0.05, 0) is 26.8 Å². The number of nitrogens with zero attached hydrogens (tertiary/aromatic N) is 3. The molecule has 2 aromatic heterocycles. The van der Waals surface area contributed by atoms with Gasteiger partial charge >= 0.3 is 5.97 Å². The Bertz CT molecular complexity index is 1390. The Balaban J connectivity index is 1.58. The minimum atomic E-state index is -0.641. The van der Waals surface area contributed by atoms with Gasteiger partial charge in [-0.3, -0.25) is 4.79 Å². The van der Waals surface area contributed by atoms with Crippen LogP contribution in [0.25, 0.3) is 22.3 Å². The Morgan fingerprint density at radius 1 is 1.00 bits per heavy atom. The summed E-state index contributed by atoms with van der Waals surface area (Å²) in [4.78, 5) is 30.4. The smallest absolute Gasteiger partial charge is 0.339 e. The Kier molecular flexibility index (Phi) is 7.19. The van der Waals surface area contributed by atoms with E-state index in [2.05, 4.69) is 10.4 Å². The van der Waals surface area contributed by atoms with Gasteiger partial charge in [0.2, 0.25) is 0 Å². The van der Waals surface area contributed by atoms with Gasteiger partial charge in [0.05, 0.1) is 37.1 Å². The van der Waals surface area contributed by atoms with Gasteiger partial charge in [0.25, 0.3) is 5.91 Å². The molecule has 9 nitrogen and oxygen atoms in total. The highest BCUT2D eigenvalue weighted by molar-refractivity contribution is 6.05. The van der Waals surface area contributed by atoms with E-state index in [9.17, 15) is 9.59 Å². The first-order valence-electron chi connectivity index (χ1n) is 11.4. The SMILES string of the molecule is COc1cc(NC(=O)COC(=O)c2cc(-c3ccc(C)cc3)nc3c2cnn3C(C)C)cc(OC)c1. The number of pyridine rings is 1. The van der Waals surface area contributed by atoms with E-state index in [-0.39, 0.29) is 6.04 Å². The van der Waals surface area contributed by atoms with E-state index in [1.807, 2.05) is 45.0 Å². The van der Waals surface area contributed by atoms with Crippen LogP contribution >= 0.6 is 0 Å². The zero-order valence-corrected chi connectivity index (χ0v) is 20.9. The maximum atomic E-state index is 13.1. The van der Waals surface area contributed by atoms with Gasteiger partial charge in [0.1, 0.15) is 11.5 Å². The number of fused-ring (bicyclic) bond motifs is 1. The van der Waals surface area contributed by atoms with Gasteiger partial charge in [-0.25, -0.2) is 14.5 Å². The van der Waals surface area contributed by atoms with E-state index >= 15 is 0 Å². The number of rotatable bonds is 8. The molecule has 1 amide bonds. The number of ether oxygens (including phenoxy) is 3. The summed E-state index contributed by atoms with van der Waals surface area (Å²) >= 11 is 0. The van der Waals surface area contributed by atoms with Gasteiger partial charge in [0.15, 0.2) is 12.3 Å². The van der Waals surface area contributed by atoms with Crippen LogP contribution in [-0.2, 0) is 9.53 Å². The molecule has 0 fully saturated rings. The molecule has 0 aliphatic rings. The van der Waals surface area contributed by atoms with Crippen molar-refractivity contribution in [1.29, 1.82) is 0 Å². The Morgan fingerprint density at radius 2 is 1.67 bits per heavy atom. The van der Waals surface area contributed by atoms with E-state index < -0.39 is 18.5 Å². The lowest BCUT2D eigenvalue weighted by Gasteiger charge is -2.12. The molecule has 0 saturated carbocycles. The van der Waals surface area contributed by atoms with Gasteiger partial charge < -0.3 is 19.5 Å². The average molecular weight is 489 g/mol. The third-order valence-electron chi connectivity index (χ3n) is 5.59. The molecule has 2 aromatic carbocycles. The zero-order chi connectivity index (χ0) is 25.8. The van der Waals surface area contributed by atoms with Gasteiger partial charge in [-0.15, -0.1) is 0 Å². The number of hydrogen-bond donors (Lipinski definition) is 1. The summed E-state index contributed by atoms with van der Waals surface area (Å²) in [5, 5.41) is 7.66. The molecule has 186 valence electrons. The molecule has 9 heteroatoms. The van der Waals surface area contributed by atoms with Gasteiger partial charge in [-0.1, -0.05) is 29.8 Å². The van der Waals surface area contributed by atoms with Gasteiger partial charge in [-0.2, -0.15) is 5.10 Å². The van der Waals surface area contributed by atoms with Crippen molar-refractivity contribution in [2.75, 3.05) is 26.1 Å². The van der Waals surface area contributed by atoms with Crippen molar-refractivity contribution in [3.05, 3.63) is 65.9 Å². The summed E-state index contributed by atoms with van der Waals surface area (Å²) in [5.74, 6) is -0.101. The number of benzene rings is 2. The number of aromatic nitrogens is 3. The van der Waals surface area contributed by atoms with E-state index in [0.29, 0.717) is 39.5 Å². The van der Waals surface area contributed by atoms with E-state index in [1.165, 1.54) is 14.2 Å². The molecule has 0 atom stereocenters. The monoisotopic (exact) mass is 488 g/mol. The molecule has 2 heterocycles. The quantitative estimate of drug-likeness (QED) is 0.355. The van der Waals surface area contributed by atoms with Crippen LogP contribution in [0.1, 0.15) is 35.8 Å². The molecule has 4 rings (SSSR count). The molecule has 0 aliphatic carbocycles. The third kappa shape index (κ3) is 5.30. The highest BCUT2D eigenvalue weighted by Gasteiger charge is 2.20. The molecule has 0 unspecified atom stereocenters. The van der Waals surface area contributed by atoms with Crippen LogP contribution in [0.5, 0.6) is 11.5 Å². The summed E-state index contributed by atoms with van der Waals surface area (Å²) in [7, 11) is 3.04. The van der Waals surface area contributed by atoms with Crippen LogP contribution in [0.2, 0.25) is 0 Å². The van der Waals surface area contributed by atoms with Crippen molar-refractivity contribution in [2.24, 2.45) is 0 Å². The largest absolute Gasteiger partial charge is 0.497 e. The second-order valence-electron chi connectivity index (χ2n) is 8.57. The molecule has 0 saturated heterocycles. The molecule has 0 bridgehead atoms. The minimum Gasteiger partial charge on any atom is -0.497 e. The van der Waals surface area contributed by atoms with Crippen molar-refractivity contribution < 1.29 is 23.8 Å². The van der Waals surface area contributed by atoms with Crippen LogP contribution in [0.15, 0.2) is 54.7 Å². The predicted octanol–water partition coefficient (Wildman–Crippen LogP) is 4.80. The number of nitrogens with one attached hydrogen (secondary N) is 1. The summed E-state index contributed by atoms with van der Waals surface area (Å²) in [6.07, 6.45) is 1.60. The van der Waals surface area contributed by atoms with Crippen LogP contribution < -0.4 is 14.8 Å². The third-order valence-corrected chi connectivity index (χ3v) is 5.59. The van der Waals surface area contributed by atoms with E-state index in [0.717, 1.165) is 11.1 Å². The van der Waals surface area contributed by atoms with E-state index in [1.54, 1.807) is 35.1 Å². The molecule has 0 radical (unpaired) electrons. The molecule has 0 aliphatic heterocycles. The Labute approximate surface area is 209 Å². The number of hydrogen-bond acceptors (Lipinski definition) is 7. The molecule has 4 aromatic rings. The number of aryl methyl sites for hydroxylation is 1. The molecule has 0 spiro atoms. The number of anilines is 1. The second-order valence-corrected chi connectivity index (χ2v) is 8.57. The Morgan fingerprint density at radius 3 is 2.28 bits per heavy atom. The number of carbonyl (C=O) groups is 2.